The Bertz CT molecular complexity index is 370. The van der Waals surface area contributed by atoms with Crippen LogP contribution in [0.5, 0.6) is 0 Å². The fraction of sp³-hybridized carbons (Fsp3) is 0.400. The van der Waals surface area contributed by atoms with Crippen molar-refractivity contribution in [1.82, 2.24) is 4.98 Å². The number of ether oxygens (including phenoxy) is 1. The van der Waals surface area contributed by atoms with E-state index in [1.54, 1.807) is 6.92 Å². The first-order valence-electron chi connectivity index (χ1n) is 4.80. The first-order valence-corrected chi connectivity index (χ1v) is 4.80. The predicted molar refractivity (Wildman–Crippen MR) is 56.2 cm³/mol. The van der Waals surface area contributed by atoms with Crippen molar-refractivity contribution < 1.29 is 19.7 Å². The first kappa shape index (κ1) is 12.4. The highest BCUT2D eigenvalue weighted by Crippen LogP contribution is 2.22. The molecule has 88 valence electrons. The molecule has 0 spiro atoms. The molecule has 2 unspecified atom stereocenters. The molecule has 0 aliphatic heterocycles. The van der Waals surface area contributed by atoms with Crippen molar-refractivity contribution in [2.75, 3.05) is 12.3 Å². The standard InChI is InChI=1S/C10H14N2O4/c1-2-16-10(15)9(14)8(13)6-5-12-4-3-7(6)11/h3-5,8-9,13-14H,2H2,1H3,(H2,11,12). The van der Waals surface area contributed by atoms with Crippen LogP contribution in [-0.4, -0.2) is 33.9 Å². The van der Waals surface area contributed by atoms with Gasteiger partial charge in [-0.05, 0) is 13.0 Å². The van der Waals surface area contributed by atoms with Crippen molar-refractivity contribution in [3.05, 3.63) is 24.0 Å². The van der Waals surface area contributed by atoms with Gasteiger partial charge in [0.2, 0.25) is 0 Å². The Labute approximate surface area is 92.7 Å². The molecule has 1 heterocycles. The summed E-state index contributed by atoms with van der Waals surface area (Å²) < 4.78 is 4.58. The molecule has 0 fully saturated rings. The van der Waals surface area contributed by atoms with Gasteiger partial charge in [-0.3, -0.25) is 4.98 Å². The molecule has 0 aliphatic rings. The van der Waals surface area contributed by atoms with Crippen LogP contribution in [0.4, 0.5) is 5.69 Å². The van der Waals surface area contributed by atoms with Gasteiger partial charge < -0.3 is 20.7 Å². The number of aliphatic hydroxyl groups is 2. The van der Waals surface area contributed by atoms with Crippen molar-refractivity contribution in [3.8, 4) is 0 Å². The number of carbonyl (C=O) groups is 1. The molecule has 4 N–H and O–H groups in total. The fourth-order valence-corrected chi connectivity index (χ4v) is 1.19. The molecule has 6 heteroatoms. The third-order valence-corrected chi connectivity index (χ3v) is 2.03. The van der Waals surface area contributed by atoms with Gasteiger partial charge >= 0.3 is 5.97 Å². The number of nitrogen functional groups attached to an aromatic ring is 1. The molecule has 2 atom stereocenters. The van der Waals surface area contributed by atoms with Gasteiger partial charge in [-0.1, -0.05) is 0 Å². The maximum Gasteiger partial charge on any atom is 0.338 e. The number of hydrogen-bond donors (Lipinski definition) is 3. The van der Waals surface area contributed by atoms with Crippen LogP contribution < -0.4 is 5.73 Å². The lowest BCUT2D eigenvalue weighted by atomic mass is 10.1. The number of nitrogens with two attached hydrogens (primary N) is 1. The molecule has 0 saturated heterocycles. The SMILES string of the molecule is CCOC(=O)C(O)C(O)c1cnccc1N. The molecule has 1 rings (SSSR count). The number of aromatic nitrogens is 1. The zero-order valence-electron chi connectivity index (χ0n) is 8.83. The van der Waals surface area contributed by atoms with E-state index < -0.39 is 18.2 Å². The molecule has 0 aromatic carbocycles. The molecule has 1 aromatic rings. The maximum atomic E-state index is 11.2. The van der Waals surface area contributed by atoms with Gasteiger partial charge in [-0.25, -0.2) is 4.79 Å². The second-order valence-electron chi connectivity index (χ2n) is 3.15. The van der Waals surface area contributed by atoms with E-state index in [1.807, 2.05) is 0 Å². The number of aliphatic hydroxyl groups excluding tert-OH is 2. The van der Waals surface area contributed by atoms with Gasteiger partial charge in [-0.15, -0.1) is 0 Å². The Hall–Kier alpha value is -1.66. The highest BCUT2D eigenvalue weighted by Gasteiger charge is 2.28. The summed E-state index contributed by atoms with van der Waals surface area (Å²) in [5.41, 5.74) is 6.02. The normalized spacial score (nSPS) is 14.2. The van der Waals surface area contributed by atoms with Crippen molar-refractivity contribution in [3.63, 3.8) is 0 Å². The quantitative estimate of drug-likeness (QED) is 0.604. The van der Waals surface area contributed by atoms with Gasteiger partial charge in [0.1, 0.15) is 6.10 Å². The Balaban J connectivity index is 2.82. The number of pyridine rings is 1. The molecule has 16 heavy (non-hydrogen) atoms. The molecule has 0 aliphatic carbocycles. The molecular weight excluding hydrogens is 212 g/mol. The van der Waals surface area contributed by atoms with Crippen LogP contribution in [0.1, 0.15) is 18.6 Å². The smallest absolute Gasteiger partial charge is 0.338 e. The predicted octanol–water partition coefficient (Wildman–Crippen LogP) is -0.379. The summed E-state index contributed by atoms with van der Waals surface area (Å²) in [5, 5.41) is 19.2. The first-order chi connectivity index (χ1) is 7.57. The lowest BCUT2D eigenvalue weighted by molar-refractivity contribution is -0.159. The molecule has 0 amide bonds. The Kier molecular flexibility index (Phi) is 4.21. The largest absolute Gasteiger partial charge is 0.464 e. The van der Waals surface area contributed by atoms with Crippen molar-refractivity contribution in [1.29, 1.82) is 0 Å². The zero-order chi connectivity index (χ0) is 12.1. The fourth-order valence-electron chi connectivity index (χ4n) is 1.19. The van der Waals surface area contributed by atoms with Crippen LogP contribution in [0, 0.1) is 0 Å². The van der Waals surface area contributed by atoms with Crippen LogP contribution in [-0.2, 0) is 9.53 Å². The van der Waals surface area contributed by atoms with Crippen LogP contribution in [0.15, 0.2) is 18.5 Å². The summed E-state index contributed by atoms with van der Waals surface area (Å²) in [7, 11) is 0. The maximum absolute atomic E-state index is 11.2. The number of esters is 1. The number of nitrogens with zero attached hydrogens (tertiary/aromatic N) is 1. The van der Waals surface area contributed by atoms with E-state index in [0.717, 1.165) is 0 Å². The average molecular weight is 226 g/mol. The average Bonchev–Trinajstić information content (AvgIpc) is 2.28. The van der Waals surface area contributed by atoms with E-state index in [-0.39, 0.29) is 17.9 Å². The Morgan fingerprint density at radius 3 is 2.88 bits per heavy atom. The second-order valence-corrected chi connectivity index (χ2v) is 3.15. The molecule has 6 nitrogen and oxygen atoms in total. The third kappa shape index (κ3) is 2.68. The van der Waals surface area contributed by atoms with Crippen LogP contribution >= 0.6 is 0 Å². The van der Waals surface area contributed by atoms with E-state index >= 15 is 0 Å². The van der Waals surface area contributed by atoms with Crippen LogP contribution in [0.25, 0.3) is 0 Å². The Morgan fingerprint density at radius 1 is 1.62 bits per heavy atom. The summed E-state index contributed by atoms with van der Waals surface area (Å²) in [4.78, 5) is 14.9. The monoisotopic (exact) mass is 226 g/mol. The topological polar surface area (TPSA) is 106 Å². The summed E-state index contributed by atoms with van der Waals surface area (Å²) >= 11 is 0. The van der Waals surface area contributed by atoms with Gasteiger partial charge in [0.25, 0.3) is 0 Å². The summed E-state index contributed by atoms with van der Waals surface area (Å²) in [6.07, 6.45) is -0.357. The van der Waals surface area contributed by atoms with E-state index in [9.17, 15) is 15.0 Å². The highest BCUT2D eigenvalue weighted by atomic mass is 16.5. The minimum atomic E-state index is -1.66. The zero-order valence-corrected chi connectivity index (χ0v) is 8.83. The van der Waals surface area contributed by atoms with Gasteiger partial charge in [0.05, 0.1) is 6.61 Å². The minimum Gasteiger partial charge on any atom is -0.464 e. The van der Waals surface area contributed by atoms with Crippen LogP contribution in [0.3, 0.4) is 0 Å². The lowest BCUT2D eigenvalue weighted by Gasteiger charge is -2.17. The second kappa shape index (κ2) is 5.43. The van der Waals surface area contributed by atoms with Gasteiger partial charge in [-0.2, -0.15) is 0 Å². The van der Waals surface area contributed by atoms with Crippen molar-refractivity contribution in [2.24, 2.45) is 0 Å². The van der Waals surface area contributed by atoms with E-state index in [2.05, 4.69) is 9.72 Å². The highest BCUT2D eigenvalue weighted by molar-refractivity contribution is 5.75. The Morgan fingerprint density at radius 2 is 2.31 bits per heavy atom. The number of hydrogen-bond acceptors (Lipinski definition) is 6. The summed E-state index contributed by atoms with van der Waals surface area (Å²) in [5.74, 6) is -0.891. The molecule has 0 bridgehead atoms. The minimum absolute atomic E-state index is 0.130. The van der Waals surface area contributed by atoms with Gasteiger partial charge in [0, 0.05) is 23.6 Å². The van der Waals surface area contributed by atoms with Crippen molar-refractivity contribution in [2.45, 2.75) is 19.1 Å². The van der Waals surface area contributed by atoms with E-state index in [1.165, 1.54) is 18.5 Å². The molecule has 0 radical (unpaired) electrons. The van der Waals surface area contributed by atoms with Crippen molar-refractivity contribution >= 4 is 11.7 Å². The molecular formula is C10H14N2O4. The number of carbonyl (C=O) groups excluding carboxylic acids is 1. The summed E-state index contributed by atoms with van der Waals surface area (Å²) in [6.45, 7) is 1.74. The van der Waals surface area contributed by atoms with Gasteiger partial charge in [0.15, 0.2) is 6.10 Å². The number of anilines is 1. The van der Waals surface area contributed by atoms with E-state index in [0.29, 0.717) is 0 Å². The molecule has 0 saturated carbocycles. The summed E-state index contributed by atoms with van der Waals surface area (Å²) in [6, 6.07) is 1.47. The number of rotatable bonds is 4. The van der Waals surface area contributed by atoms with E-state index in [4.69, 9.17) is 5.73 Å². The molecule has 1 aromatic heterocycles. The lowest BCUT2D eigenvalue weighted by Crippen LogP contribution is -2.30. The van der Waals surface area contributed by atoms with Crippen LogP contribution in [0.2, 0.25) is 0 Å². The third-order valence-electron chi connectivity index (χ3n) is 2.03.